The lowest BCUT2D eigenvalue weighted by Crippen LogP contribution is -2.06. The molecule has 0 unspecified atom stereocenters. The Hall–Kier alpha value is -0.810. The maximum atomic E-state index is 5.78. The van der Waals surface area contributed by atoms with Gasteiger partial charge in [0.15, 0.2) is 0 Å². The lowest BCUT2D eigenvalue weighted by atomic mass is 10.3. The summed E-state index contributed by atoms with van der Waals surface area (Å²) in [6, 6.07) is 1.84. The zero-order chi connectivity index (χ0) is 11.1. The van der Waals surface area contributed by atoms with E-state index in [1.807, 2.05) is 6.07 Å². The fraction of sp³-hybridized carbons (Fsp3) is 0.500. The molecule has 0 amide bonds. The van der Waals surface area contributed by atoms with Crippen molar-refractivity contribution in [2.24, 2.45) is 0 Å². The predicted octanol–water partition coefficient (Wildman–Crippen LogP) is 2.26. The van der Waals surface area contributed by atoms with Crippen molar-refractivity contribution in [3.8, 4) is 0 Å². The molecular formula is C10H16BrN3O. The van der Waals surface area contributed by atoms with Gasteiger partial charge in [0.05, 0.1) is 5.69 Å². The molecular weight excluding hydrogens is 258 g/mol. The van der Waals surface area contributed by atoms with Crippen molar-refractivity contribution in [2.45, 2.75) is 12.8 Å². The molecule has 0 atom stereocenters. The first-order valence-corrected chi connectivity index (χ1v) is 5.67. The number of unbranched alkanes of at least 4 members (excludes halogenated alkanes) is 1. The minimum atomic E-state index is 0.663. The highest BCUT2D eigenvalue weighted by Gasteiger charge is 1.99. The summed E-state index contributed by atoms with van der Waals surface area (Å²) in [5, 5.41) is 3.19. The van der Waals surface area contributed by atoms with Gasteiger partial charge < -0.3 is 15.8 Å². The molecule has 0 fully saturated rings. The zero-order valence-electron chi connectivity index (χ0n) is 8.79. The molecule has 0 aliphatic rings. The molecule has 0 saturated heterocycles. The minimum absolute atomic E-state index is 0.663. The molecule has 1 rings (SSSR count). The van der Waals surface area contributed by atoms with E-state index in [1.54, 1.807) is 13.3 Å². The van der Waals surface area contributed by atoms with Crippen LogP contribution in [0.4, 0.5) is 11.5 Å². The van der Waals surface area contributed by atoms with Gasteiger partial charge in [-0.15, -0.1) is 0 Å². The van der Waals surface area contributed by atoms with E-state index >= 15 is 0 Å². The topological polar surface area (TPSA) is 60.2 Å². The third-order valence-corrected chi connectivity index (χ3v) is 2.39. The number of nitrogens with zero attached hydrogens (tertiary/aromatic N) is 1. The second kappa shape index (κ2) is 6.63. The monoisotopic (exact) mass is 273 g/mol. The molecule has 84 valence electrons. The van der Waals surface area contributed by atoms with Gasteiger partial charge in [-0.3, -0.25) is 0 Å². The highest BCUT2D eigenvalue weighted by atomic mass is 79.9. The average Bonchev–Trinajstić information content (AvgIpc) is 2.20. The van der Waals surface area contributed by atoms with Crippen molar-refractivity contribution in [1.29, 1.82) is 0 Å². The normalized spacial score (nSPS) is 10.3. The number of nitrogens with one attached hydrogen (secondary N) is 1. The Morgan fingerprint density at radius 1 is 1.53 bits per heavy atom. The molecule has 0 radical (unpaired) electrons. The van der Waals surface area contributed by atoms with Crippen LogP contribution in [0.1, 0.15) is 12.8 Å². The van der Waals surface area contributed by atoms with Crippen LogP contribution in [0.5, 0.6) is 0 Å². The van der Waals surface area contributed by atoms with E-state index in [2.05, 4.69) is 26.2 Å². The maximum Gasteiger partial charge on any atom is 0.149 e. The number of rotatable bonds is 6. The van der Waals surface area contributed by atoms with Gasteiger partial charge in [-0.2, -0.15) is 0 Å². The van der Waals surface area contributed by atoms with Crippen LogP contribution in [0, 0.1) is 0 Å². The molecule has 15 heavy (non-hydrogen) atoms. The summed E-state index contributed by atoms with van der Waals surface area (Å²) < 4.78 is 5.85. The molecule has 0 aliphatic carbocycles. The van der Waals surface area contributed by atoms with E-state index in [0.29, 0.717) is 5.69 Å². The molecule has 4 nitrogen and oxygen atoms in total. The third-order valence-electron chi connectivity index (χ3n) is 1.95. The van der Waals surface area contributed by atoms with Crippen LogP contribution in [0.3, 0.4) is 0 Å². The van der Waals surface area contributed by atoms with Crippen molar-refractivity contribution >= 4 is 27.4 Å². The van der Waals surface area contributed by atoms with Crippen LogP contribution in [-0.4, -0.2) is 25.2 Å². The minimum Gasteiger partial charge on any atom is -0.396 e. The lowest BCUT2D eigenvalue weighted by molar-refractivity contribution is 0.194. The summed E-state index contributed by atoms with van der Waals surface area (Å²) in [6.45, 7) is 1.66. The summed E-state index contributed by atoms with van der Waals surface area (Å²) >= 11 is 3.31. The standard InChI is InChI=1S/C10H16BrN3O/c1-15-5-3-2-4-13-10-9(12)6-8(11)7-14-10/h6-7H,2-5,12H2,1H3,(H,13,14). The van der Waals surface area contributed by atoms with Crippen molar-refractivity contribution in [2.75, 3.05) is 31.3 Å². The Bertz CT molecular complexity index is 307. The summed E-state index contributed by atoms with van der Waals surface area (Å²) in [5.74, 6) is 0.746. The van der Waals surface area contributed by atoms with Gasteiger partial charge in [0.2, 0.25) is 0 Å². The molecule has 5 heteroatoms. The Balaban J connectivity index is 2.31. The molecule has 1 heterocycles. The predicted molar refractivity (Wildman–Crippen MR) is 65.9 cm³/mol. The molecule has 3 N–H and O–H groups in total. The number of hydrogen-bond donors (Lipinski definition) is 2. The van der Waals surface area contributed by atoms with Crippen molar-refractivity contribution in [3.63, 3.8) is 0 Å². The fourth-order valence-electron chi connectivity index (χ4n) is 1.18. The molecule has 0 aliphatic heterocycles. The quantitative estimate of drug-likeness (QED) is 0.781. The van der Waals surface area contributed by atoms with Crippen LogP contribution in [-0.2, 0) is 4.74 Å². The van der Waals surface area contributed by atoms with E-state index in [0.717, 1.165) is 36.3 Å². The third kappa shape index (κ3) is 4.48. The fourth-order valence-corrected chi connectivity index (χ4v) is 1.53. The number of hydrogen-bond acceptors (Lipinski definition) is 4. The van der Waals surface area contributed by atoms with Crippen molar-refractivity contribution in [1.82, 2.24) is 4.98 Å². The number of nitrogen functional groups attached to an aromatic ring is 1. The molecule has 0 saturated carbocycles. The van der Waals surface area contributed by atoms with Crippen LogP contribution in [0.2, 0.25) is 0 Å². The largest absolute Gasteiger partial charge is 0.396 e. The first kappa shape index (κ1) is 12.3. The van der Waals surface area contributed by atoms with Gasteiger partial charge in [-0.1, -0.05) is 0 Å². The highest BCUT2D eigenvalue weighted by molar-refractivity contribution is 9.10. The van der Waals surface area contributed by atoms with Gasteiger partial charge >= 0.3 is 0 Å². The zero-order valence-corrected chi connectivity index (χ0v) is 10.4. The summed E-state index contributed by atoms with van der Waals surface area (Å²) in [7, 11) is 1.71. The molecule has 0 aromatic carbocycles. The van der Waals surface area contributed by atoms with E-state index in [4.69, 9.17) is 10.5 Å². The van der Waals surface area contributed by atoms with Crippen LogP contribution in [0.25, 0.3) is 0 Å². The average molecular weight is 274 g/mol. The number of pyridine rings is 1. The van der Waals surface area contributed by atoms with Gasteiger partial charge in [0.25, 0.3) is 0 Å². The molecule has 0 spiro atoms. The lowest BCUT2D eigenvalue weighted by Gasteiger charge is -2.07. The summed E-state index contributed by atoms with van der Waals surface area (Å²) in [4.78, 5) is 4.18. The van der Waals surface area contributed by atoms with Gasteiger partial charge in [0, 0.05) is 30.9 Å². The van der Waals surface area contributed by atoms with Crippen LogP contribution < -0.4 is 11.1 Å². The first-order chi connectivity index (χ1) is 7.24. The van der Waals surface area contributed by atoms with Crippen LogP contribution in [0.15, 0.2) is 16.7 Å². The molecule has 1 aromatic heterocycles. The Morgan fingerprint density at radius 2 is 2.33 bits per heavy atom. The highest BCUT2D eigenvalue weighted by Crippen LogP contribution is 2.19. The molecule has 1 aromatic rings. The number of nitrogens with two attached hydrogens (primary N) is 1. The first-order valence-electron chi connectivity index (χ1n) is 4.88. The summed E-state index contributed by atoms with van der Waals surface area (Å²) in [6.07, 6.45) is 3.82. The number of aromatic nitrogens is 1. The Labute approximate surface area is 98.3 Å². The SMILES string of the molecule is COCCCCNc1ncc(Br)cc1N. The Morgan fingerprint density at radius 3 is 3.00 bits per heavy atom. The number of methoxy groups -OCH3 is 1. The van der Waals surface area contributed by atoms with E-state index in [1.165, 1.54) is 0 Å². The van der Waals surface area contributed by atoms with E-state index < -0.39 is 0 Å². The molecule has 0 bridgehead atoms. The van der Waals surface area contributed by atoms with Gasteiger partial charge in [-0.05, 0) is 34.8 Å². The Kier molecular flexibility index (Phi) is 5.42. The van der Waals surface area contributed by atoms with Crippen LogP contribution >= 0.6 is 15.9 Å². The second-order valence-corrected chi connectivity index (χ2v) is 4.13. The second-order valence-electron chi connectivity index (χ2n) is 3.22. The van der Waals surface area contributed by atoms with Gasteiger partial charge in [-0.25, -0.2) is 4.98 Å². The number of ether oxygens (including phenoxy) is 1. The van der Waals surface area contributed by atoms with Crippen molar-refractivity contribution < 1.29 is 4.74 Å². The van der Waals surface area contributed by atoms with E-state index in [-0.39, 0.29) is 0 Å². The van der Waals surface area contributed by atoms with Gasteiger partial charge in [0.1, 0.15) is 5.82 Å². The number of halogens is 1. The van der Waals surface area contributed by atoms with E-state index in [9.17, 15) is 0 Å². The summed E-state index contributed by atoms with van der Waals surface area (Å²) in [5.41, 5.74) is 6.45. The van der Waals surface area contributed by atoms with Crippen molar-refractivity contribution in [3.05, 3.63) is 16.7 Å². The smallest absolute Gasteiger partial charge is 0.149 e. The number of anilines is 2. The maximum absolute atomic E-state index is 5.78.